The van der Waals surface area contributed by atoms with E-state index in [4.69, 9.17) is 33.0 Å². The number of carboxylic acids is 1. The van der Waals surface area contributed by atoms with Crippen LogP contribution in [0.15, 0.2) is 46.9 Å². The quantitative estimate of drug-likeness (QED) is 0.690. The summed E-state index contributed by atoms with van der Waals surface area (Å²) in [6, 6.07) is 10.2. The molecule has 0 saturated carbocycles. The highest BCUT2D eigenvalue weighted by molar-refractivity contribution is 9.10. The Labute approximate surface area is 139 Å². The minimum Gasteiger partial charge on any atom is -0.478 e. The van der Waals surface area contributed by atoms with Crippen LogP contribution in [0.4, 0.5) is 0 Å². The van der Waals surface area contributed by atoms with E-state index >= 15 is 0 Å². The van der Waals surface area contributed by atoms with Gasteiger partial charge >= 0.3 is 5.97 Å². The Bertz CT molecular complexity index is 714. The van der Waals surface area contributed by atoms with Gasteiger partial charge in [0, 0.05) is 16.1 Å². The molecule has 2 aromatic rings. The number of ether oxygens (including phenoxy) is 1. The minimum absolute atomic E-state index is 0.385. The second kappa shape index (κ2) is 6.98. The molecule has 0 saturated heterocycles. The van der Waals surface area contributed by atoms with Crippen LogP contribution >= 0.6 is 39.1 Å². The highest BCUT2D eigenvalue weighted by Gasteiger charge is 2.10. The van der Waals surface area contributed by atoms with Crippen LogP contribution in [0, 0.1) is 0 Å². The van der Waals surface area contributed by atoms with Crippen molar-refractivity contribution < 1.29 is 14.6 Å². The van der Waals surface area contributed by atoms with Crippen LogP contribution in [0.25, 0.3) is 6.08 Å². The summed E-state index contributed by atoms with van der Waals surface area (Å²) in [5.74, 6) is -0.209. The first-order valence-corrected chi connectivity index (χ1v) is 7.34. The van der Waals surface area contributed by atoms with Gasteiger partial charge in [-0.15, -0.1) is 0 Å². The number of benzene rings is 2. The number of carboxylic acid groups (broad SMARTS) is 1. The summed E-state index contributed by atoms with van der Waals surface area (Å²) >= 11 is 15.5. The predicted molar refractivity (Wildman–Crippen MR) is 87.3 cm³/mol. The lowest BCUT2D eigenvalue weighted by Gasteiger charge is -2.11. The largest absolute Gasteiger partial charge is 0.478 e. The number of rotatable bonds is 4. The number of aliphatic carboxylic acids is 1. The fourth-order valence-corrected chi connectivity index (χ4v) is 2.32. The molecular weight excluding hydrogens is 379 g/mol. The molecule has 0 unspecified atom stereocenters. The zero-order valence-electron chi connectivity index (χ0n) is 10.5. The first-order valence-electron chi connectivity index (χ1n) is 5.80. The molecule has 0 fully saturated rings. The molecule has 0 bridgehead atoms. The molecule has 0 spiro atoms. The highest BCUT2D eigenvalue weighted by Crippen LogP contribution is 2.36. The Morgan fingerprint density at radius 2 is 1.90 bits per heavy atom. The van der Waals surface area contributed by atoms with Crippen molar-refractivity contribution >= 4 is 51.2 Å². The van der Waals surface area contributed by atoms with Crippen molar-refractivity contribution in [2.45, 2.75) is 0 Å². The average Bonchev–Trinajstić information content (AvgIpc) is 2.42. The predicted octanol–water partition coefficient (Wildman–Crippen LogP) is 5.65. The van der Waals surface area contributed by atoms with Gasteiger partial charge in [-0.25, -0.2) is 4.79 Å². The van der Waals surface area contributed by atoms with Crippen molar-refractivity contribution in [3.63, 3.8) is 0 Å². The fraction of sp³-hybridized carbons (Fsp3) is 0. The molecule has 108 valence electrons. The van der Waals surface area contributed by atoms with Gasteiger partial charge in [-0.3, -0.25) is 0 Å². The summed E-state index contributed by atoms with van der Waals surface area (Å²) < 4.78 is 6.56. The van der Waals surface area contributed by atoms with Crippen molar-refractivity contribution in [2.75, 3.05) is 0 Å². The van der Waals surface area contributed by atoms with Gasteiger partial charge in [0.2, 0.25) is 0 Å². The molecule has 0 radical (unpaired) electrons. The molecule has 0 amide bonds. The molecule has 0 aliphatic carbocycles. The van der Waals surface area contributed by atoms with E-state index in [1.165, 1.54) is 6.08 Å². The highest BCUT2D eigenvalue weighted by atomic mass is 79.9. The molecule has 2 rings (SSSR count). The van der Waals surface area contributed by atoms with Gasteiger partial charge in [0.15, 0.2) is 0 Å². The molecule has 0 heterocycles. The number of hydrogen-bond donors (Lipinski definition) is 1. The Morgan fingerprint density at radius 1 is 1.14 bits per heavy atom. The molecule has 0 aromatic heterocycles. The van der Waals surface area contributed by atoms with Gasteiger partial charge in [0.1, 0.15) is 11.5 Å². The smallest absolute Gasteiger partial charge is 0.328 e. The van der Waals surface area contributed by atoms with Gasteiger partial charge in [-0.2, -0.15) is 0 Å². The van der Waals surface area contributed by atoms with E-state index in [1.807, 2.05) is 0 Å². The molecule has 3 nitrogen and oxygen atoms in total. The SMILES string of the molecule is O=C(O)C=Cc1c(Cl)cccc1Oc1cc(Br)ccc1Cl. The Balaban J connectivity index is 2.42. The lowest BCUT2D eigenvalue weighted by molar-refractivity contribution is -0.131. The van der Waals surface area contributed by atoms with E-state index in [0.29, 0.717) is 27.1 Å². The van der Waals surface area contributed by atoms with E-state index in [1.54, 1.807) is 36.4 Å². The van der Waals surface area contributed by atoms with Crippen LogP contribution < -0.4 is 4.74 Å². The lowest BCUT2D eigenvalue weighted by Crippen LogP contribution is -1.91. The summed E-state index contributed by atoms with van der Waals surface area (Å²) in [4.78, 5) is 10.7. The zero-order valence-corrected chi connectivity index (χ0v) is 13.6. The van der Waals surface area contributed by atoms with Crippen LogP contribution in [0.3, 0.4) is 0 Å². The maximum Gasteiger partial charge on any atom is 0.328 e. The van der Waals surface area contributed by atoms with Gasteiger partial charge in [0.25, 0.3) is 0 Å². The Morgan fingerprint density at radius 3 is 2.62 bits per heavy atom. The summed E-state index contributed by atoms with van der Waals surface area (Å²) in [6.07, 6.45) is 2.38. The molecule has 0 atom stereocenters. The first kappa shape index (κ1) is 15.9. The van der Waals surface area contributed by atoms with Gasteiger partial charge in [-0.1, -0.05) is 45.2 Å². The number of hydrogen-bond acceptors (Lipinski definition) is 2. The van der Waals surface area contributed by atoms with Crippen molar-refractivity contribution in [3.05, 3.63) is 62.6 Å². The summed E-state index contributed by atoms with van der Waals surface area (Å²) in [7, 11) is 0. The molecular formula is C15H9BrCl2O3. The monoisotopic (exact) mass is 386 g/mol. The fourth-order valence-electron chi connectivity index (χ4n) is 1.60. The van der Waals surface area contributed by atoms with Gasteiger partial charge in [-0.05, 0) is 36.4 Å². The molecule has 2 aromatic carbocycles. The van der Waals surface area contributed by atoms with Crippen molar-refractivity contribution in [2.24, 2.45) is 0 Å². The lowest BCUT2D eigenvalue weighted by atomic mass is 10.2. The van der Waals surface area contributed by atoms with Gasteiger partial charge in [0.05, 0.1) is 10.0 Å². The zero-order chi connectivity index (χ0) is 15.4. The number of halogens is 3. The third-order valence-corrected chi connectivity index (χ3v) is 3.65. The summed E-state index contributed by atoms with van der Waals surface area (Å²) in [5.41, 5.74) is 0.470. The van der Waals surface area contributed by atoms with E-state index in [2.05, 4.69) is 15.9 Å². The third kappa shape index (κ3) is 4.24. The average molecular weight is 388 g/mol. The van der Waals surface area contributed by atoms with E-state index in [-0.39, 0.29) is 0 Å². The molecule has 1 N–H and O–H groups in total. The first-order chi connectivity index (χ1) is 9.97. The second-order valence-electron chi connectivity index (χ2n) is 4.00. The topological polar surface area (TPSA) is 46.5 Å². The van der Waals surface area contributed by atoms with Crippen LogP contribution in [0.2, 0.25) is 10.0 Å². The third-order valence-electron chi connectivity index (χ3n) is 2.52. The normalized spacial score (nSPS) is 10.8. The van der Waals surface area contributed by atoms with Crippen LogP contribution in [0.1, 0.15) is 5.56 Å². The van der Waals surface area contributed by atoms with Crippen molar-refractivity contribution in [3.8, 4) is 11.5 Å². The second-order valence-corrected chi connectivity index (χ2v) is 5.73. The standard InChI is InChI=1S/C15H9BrCl2O3/c16-9-4-6-12(18)14(8-9)21-13-3-1-2-11(17)10(13)5-7-15(19)20/h1-8H,(H,19,20). The molecule has 21 heavy (non-hydrogen) atoms. The van der Waals surface area contributed by atoms with Crippen molar-refractivity contribution in [1.29, 1.82) is 0 Å². The number of carbonyl (C=O) groups is 1. The van der Waals surface area contributed by atoms with Gasteiger partial charge < -0.3 is 9.84 Å². The minimum atomic E-state index is -1.07. The maximum atomic E-state index is 10.7. The van der Waals surface area contributed by atoms with Crippen LogP contribution in [-0.4, -0.2) is 11.1 Å². The molecule has 0 aliphatic rings. The van der Waals surface area contributed by atoms with E-state index in [9.17, 15) is 4.79 Å². The Hall–Kier alpha value is -1.49. The summed E-state index contributed by atoms with van der Waals surface area (Å²) in [6.45, 7) is 0. The Kier molecular flexibility index (Phi) is 5.28. The van der Waals surface area contributed by atoms with E-state index < -0.39 is 5.97 Å². The summed E-state index contributed by atoms with van der Waals surface area (Å²) in [5, 5.41) is 9.55. The molecule has 6 heteroatoms. The van der Waals surface area contributed by atoms with Crippen molar-refractivity contribution in [1.82, 2.24) is 0 Å². The van der Waals surface area contributed by atoms with E-state index in [0.717, 1.165) is 10.5 Å². The van der Waals surface area contributed by atoms with Crippen LogP contribution in [-0.2, 0) is 4.79 Å². The maximum absolute atomic E-state index is 10.7. The molecule has 0 aliphatic heterocycles. The van der Waals surface area contributed by atoms with Crippen LogP contribution in [0.5, 0.6) is 11.5 Å².